The van der Waals surface area contributed by atoms with Gasteiger partial charge >= 0.3 is 0 Å². The zero-order chi connectivity index (χ0) is 12.6. The van der Waals surface area contributed by atoms with Gasteiger partial charge in [-0.3, -0.25) is 0 Å². The summed E-state index contributed by atoms with van der Waals surface area (Å²) < 4.78 is 0. The monoisotopic (exact) mass is 242 g/mol. The van der Waals surface area contributed by atoms with Crippen molar-refractivity contribution in [3.8, 4) is 5.75 Å². The fourth-order valence-corrected chi connectivity index (χ4v) is 1.77. The lowest BCUT2D eigenvalue weighted by Crippen LogP contribution is -1.96. The second-order valence-corrected chi connectivity index (χ2v) is 4.12. The summed E-state index contributed by atoms with van der Waals surface area (Å²) in [7, 11) is 0. The Morgan fingerprint density at radius 2 is 1.39 bits per heavy atom. The van der Waals surface area contributed by atoms with Crippen LogP contribution in [0.3, 0.4) is 0 Å². The van der Waals surface area contributed by atoms with Crippen LogP contribution in [0.1, 0.15) is 18.1 Å². The highest BCUT2D eigenvalue weighted by molar-refractivity contribution is 5.27. The van der Waals surface area contributed by atoms with Crippen molar-refractivity contribution in [3.05, 3.63) is 65.7 Å². The lowest BCUT2D eigenvalue weighted by atomic mass is 10.0. The molecule has 2 nitrogen and oxygen atoms in total. The average Bonchev–Trinajstić information content (AvgIpc) is 2.45. The van der Waals surface area contributed by atoms with Crippen molar-refractivity contribution in [2.45, 2.75) is 19.8 Å². The van der Waals surface area contributed by atoms with E-state index in [0.717, 1.165) is 18.6 Å². The Kier molecular flexibility index (Phi) is 4.79. The Morgan fingerprint density at radius 3 is 2.00 bits per heavy atom. The molecule has 0 saturated heterocycles. The molecule has 0 heterocycles. The van der Waals surface area contributed by atoms with E-state index in [4.69, 9.17) is 9.78 Å². The summed E-state index contributed by atoms with van der Waals surface area (Å²) in [5.41, 5.74) is 2.68. The van der Waals surface area contributed by atoms with E-state index in [-0.39, 0.29) is 0 Å². The third-order valence-corrected chi connectivity index (χ3v) is 2.74. The predicted molar refractivity (Wildman–Crippen MR) is 72.5 cm³/mol. The van der Waals surface area contributed by atoms with Crippen molar-refractivity contribution in [2.24, 2.45) is 0 Å². The quantitative estimate of drug-likeness (QED) is 0.566. The Morgan fingerprint density at radius 1 is 0.778 bits per heavy atom. The van der Waals surface area contributed by atoms with Crippen molar-refractivity contribution < 1.29 is 9.78 Å². The molecule has 0 bridgehead atoms. The summed E-state index contributed by atoms with van der Waals surface area (Å²) in [6.45, 7) is 2.45. The number of hydrogen-bond acceptors (Lipinski definition) is 2. The van der Waals surface area contributed by atoms with Crippen LogP contribution in [0.4, 0.5) is 0 Å². The molecule has 2 aromatic carbocycles. The molecule has 94 valence electrons. The highest BCUT2D eigenvalue weighted by Crippen LogP contribution is 2.14. The first kappa shape index (κ1) is 12.7. The summed E-state index contributed by atoms with van der Waals surface area (Å²) in [4.78, 5) is 9.96. The van der Waals surface area contributed by atoms with Crippen molar-refractivity contribution >= 4 is 0 Å². The zero-order valence-corrected chi connectivity index (χ0v) is 10.6. The van der Waals surface area contributed by atoms with Crippen molar-refractivity contribution in [3.63, 3.8) is 0 Å². The van der Waals surface area contributed by atoms with Gasteiger partial charge in [0, 0.05) is 0 Å². The van der Waals surface area contributed by atoms with Gasteiger partial charge in [-0.1, -0.05) is 42.5 Å². The minimum atomic E-state index is 0.551. The molecule has 0 amide bonds. The summed E-state index contributed by atoms with van der Waals surface area (Å²) in [5.74, 6) is 0.750. The second kappa shape index (κ2) is 6.82. The lowest BCUT2D eigenvalue weighted by molar-refractivity contribution is -0.202. The maximum Gasteiger partial charge on any atom is 0.165 e. The van der Waals surface area contributed by atoms with Gasteiger partial charge in [0.1, 0.15) is 0 Å². The molecular formula is C16H18O2. The lowest BCUT2D eigenvalue weighted by Gasteiger charge is -2.05. The summed E-state index contributed by atoms with van der Waals surface area (Å²) in [6.07, 6.45) is 2.10. The van der Waals surface area contributed by atoms with E-state index in [0.29, 0.717) is 6.61 Å². The van der Waals surface area contributed by atoms with Crippen molar-refractivity contribution in [1.82, 2.24) is 0 Å². The Balaban J connectivity index is 1.86. The molecule has 0 N–H and O–H groups in total. The molecule has 0 spiro atoms. The van der Waals surface area contributed by atoms with E-state index in [1.807, 2.05) is 25.1 Å². The Bertz CT molecular complexity index is 448. The van der Waals surface area contributed by atoms with Crippen LogP contribution in [-0.4, -0.2) is 6.61 Å². The van der Waals surface area contributed by atoms with Gasteiger partial charge < -0.3 is 4.89 Å². The van der Waals surface area contributed by atoms with E-state index in [1.165, 1.54) is 11.1 Å². The van der Waals surface area contributed by atoms with Crippen LogP contribution in [0.5, 0.6) is 5.75 Å². The van der Waals surface area contributed by atoms with Crippen LogP contribution in [0.2, 0.25) is 0 Å². The maximum atomic E-state index is 5.07. The van der Waals surface area contributed by atoms with Crippen LogP contribution in [0.15, 0.2) is 54.6 Å². The number of benzene rings is 2. The largest absolute Gasteiger partial charge is 0.338 e. The number of rotatable bonds is 6. The first-order valence-electron chi connectivity index (χ1n) is 6.31. The van der Waals surface area contributed by atoms with Crippen LogP contribution in [0, 0.1) is 0 Å². The van der Waals surface area contributed by atoms with Gasteiger partial charge in [-0.05, 0) is 43.0 Å². The van der Waals surface area contributed by atoms with Gasteiger partial charge in [0.15, 0.2) is 5.75 Å². The molecule has 18 heavy (non-hydrogen) atoms. The van der Waals surface area contributed by atoms with E-state index >= 15 is 0 Å². The topological polar surface area (TPSA) is 18.5 Å². The minimum absolute atomic E-state index is 0.551. The molecule has 0 radical (unpaired) electrons. The summed E-state index contributed by atoms with van der Waals surface area (Å²) in [5, 5.41) is 0. The molecule has 0 aliphatic heterocycles. The minimum Gasteiger partial charge on any atom is -0.338 e. The summed E-state index contributed by atoms with van der Waals surface area (Å²) >= 11 is 0. The Hall–Kier alpha value is -1.80. The molecular weight excluding hydrogens is 224 g/mol. The summed E-state index contributed by atoms with van der Waals surface area (Å²) in [6, 6.07) is 18.6. The molecule has 0 fully saturated rings. The first-order valence-corrected chi connectivity index (χ1v) is 6.31. The van der Waals surface area contributed by atoms with E-state index in [9.17, 15) is 0 Å². The molecule has 0 saturated carbocycles. The second-order valence-electron chi connectivity index (χ2n) is 4.12. The molecule has 0 atom stereocenters. The third kappa shape index (κ3) is 3.90. The fourth-order valence-electron chi connectivity index (χ4n) is 1.77. The van der Waals surface area contributed by atoms with E-state index in [2.05, 4.69) is 36.4 Å². The Labute approximate surface area is 108 Å². The average molecular weight is 242 g/mol. The fraction of sp³-hybridized carbons (Fsp3) is 0.250. The predicted octanol–water partition coefficient (Wildman–Crippen LogP) is 3.80. The van der Waals surface area contributed by atoms with Gasteiger partial charge in [0.05, 0.1) is 6.61 Å². The van der Waals surface area contributed by atoms with Gasteiger partial charge in [-0.2, -0.15) is 4.89 Å². The molecule has 2 heteroatoms. The number of hydrogen-bond donors (Lipinski definition) is 0. The molecule has 0 unspecified atom stereocenters. The smallest absolute Gasteiger partial charge is 0.165 e. The first-order chi connectivity index (χ1) is 8.88. The van der Waals surface area contributed by atoms with Gasteiger partial charge in [-0.15, -0.1) is 0 Å². The molecule has 0 aromatic heterocycles. The van der Waals surface area contributed by atoms with Crippen LogP contribution in [0.25, 0.3) is 0 Å². The zero-order valence-electron chi connectivity index (χ0n) is 10.6. The van der Waals surface area contributed by atoms with E-state index in [1.54, 1.807) is 0 Å². The van der Waals surface area contributed by atoms with Crippen LogP contribution >= 0.6 is 0 Å². The maximum absolute atomic E-state index is 5.07. The van der Waals surface area contributed by atoms with Crippen molar-refractivity contribution in [1.29, 1.82) is 0 Å². The normalized spacial score (nSPS) is 10.3. The van der Waals surface area contributed by atoms with E-state index < -0.39 is 0 Å². The SMILES string of the molecule is CCOOc1ccc(CCc2ccccc2)cc1. The van der Waals surface area contributed by atoms with Crippen molar-refractivity contribution in [2.75, 3.05) is 6.61 Å². The molecule has 0 aliphatic rings. The van der Waals surface area contributed by atoms with Gasteiger partial charge in [-0.25, -0.2) is 0 Å². The highest BCUT2D eigenvalue weighted by atomic mass is 17.2. The molecule has 0 aliphatic carbocycles. The third-order valence-electron chi connectivity index (χ3n) is 2.74. The van der Waals surface area contributed by atoms with Gasteiger partial charge in [0.25, 0.3) is 0 Å². The molecule has 2 rings (SSSR count). The van der Waals surface area contributed by atoms with Gasteiger partial charge in [0.2, 0.25) is 0 Å². The van der Waals surface area contributed by atoms with Crippen LogP contribution < -0.4 is 4.89 Å². The number of aryl methyl sites for hydroxylation is 2. The van der Waals surface area contributed by atoms with Crippen LogP contribution in [-0.2, 0) is 17.7 Å². The molecule has 2 aromatic rings. The highest BCUT2D eigenvalue weighted by Gasteiger charge is 1.97. The standard InChI is InChI=1S/C16H18O2/c1-2-17-18-16-12-10-15(11-13-16)9-8-14-6-4-3-5-7-14/h3-7,10-13H,2,8-9H2,1H3.